The summed E-state index contributed by atoms with van der Waals surface area (Å²) in [4.78, 5) is 0. The van der Waals surface area contributed by atoms with Gasteiger partial charge in [0.1, 0.15) is 0 Å². The lowest BCUT2D eigenvalue weighted by atomic mass is 9.92. The molecule has 4 aliphatic rings. The molecule has 6 heteroatoms. The van der Waals surface area contributed by atoms with Gasteiger partial charge in [0.05, 0.1) is 0 Å². The Morgan fingerprint density at radius 3 is 1.42 bits per heavy atom. The highest BCUT2D eigenvalue weighted by molar-refractivity contribution is 8.74. The highest BCUT2D eigenvalue weighted by Gasteiger charge is 2.35. The van der Waals surface area contributed by atoms with Crippen molar-refractivity contribution >= 4 is 22.0 Å². The van der Waals surface area contributed by atoms with Gasteiger partial charge in [-0.2, -0.15) is 0 Å². The monoisotopic (exact) mass is 398 g/mol. The maximum Gasteiger partial charge on any atom is 0.0364 e. The second-order valence-electron chi connectivity index (χ2n) is 8.67. The molecule has 0 bridgehead atoms. The standard InChI is InChI=1S/C20H38N4S2/c1-5-13-21-17(9-1)19-11-3-7-15-23(19)25-26-24-16-8-4-12-20(24)18-10-2-6-14-22-18/h17-22H,1-16H2. The van der Waals surface area contributed by atoms with E-state index in [0.29, 0.717) is 0 Å². The Kier molecular flexibility index (Phi) is 7.90. The van der Waals surface area contributed by atoms with Gasteiger partial charge in [-0.1, -0.05) is 25.7 Å². The molecule has 4 aliphatic heterocycles. The van der Waals surface area contributed by atoms with Gasteiger partial charge in [0.25, 0.3) is 0 Å². The third-order valence-electron chi connectivity index (χ3n) is 6.85. The topological polar surface area (TPSA) is 30.5 Å². The highest BCUT2D eigenvalue weighted by atomic mass is 33.1. The van der Waals surface area contributed by atoms with E-state index in [-0.39, 0.29) is 0 Å². The summed E-state index contributed by atoms with van der Waals surface area (Å²) < 4.78 is 5.49. The lowest BCUT2D eigenvalue weighted by Crippen LogP contribution is -2.52. The Labute approximate surface area is 168 Å². The van der Waals surface area contributed by atoms with Gasteiger partial charge in [-0.05, 0) is 64.5 Å². The third-order valence-corrected chi connectivity index (χ3v) is 9.55. The molecule has 4 saturated heterocycles. The molecule has 2 N–H and O–H groups in total. The third kappa shape index (κ3) is 5.12. The van der Waals surface area contributed by atoms with Crippen LogP contribution in [0.1, 0.15) is 77.0 Å². The first-order valence-corrected chi connectivity index (χ1v) is 13.3. The number of piperidine rings is 4. The zero-order chi connectivity index (χ0) is 17.6. The van der Waals surface area contributed by atoms with Crippen LogP contribution < -0.4 is 10.6 Å². The van der Waals surface area contributed by atoms with Crippen molar-refractivity contribution in [2.45, 2.75) is 101 Å². The van der Waals surface area contributed by atoms with Crippen molar-refractivity contribution < 1.29 is 0 Å². The molecule has 0 aromatic heterocycles. The molecule has 0 aromatic rings. The minimum atomic E-state index is 0.731. The molecule has 0 saturated carbocycles. The molecule has 150 valence electrons. The quantitative estimate of drug-likeness (QED) is 0.533. The van der Waals surface area contributed by atoms with Crippen LogP contribution in [-0.2, 0) is 0 Å². The molecule has 4 heterocycles. The van der Waals surface area contributed by atoms with Crippen molar-refractivity contribution in [1.82, 2.24) is 19.2 Å². The second-order valence-corrected chi connectivity index (χ2v) is 10.8. The molecule has 26 heavy (non-hydrogen) atoms. The molecule has 4 rings (SSSR count). The first-order chi connectivity index (χ1) is 12.9. The molecule has 0 amide bonds. The first-order valence-electron chi connectivity index (χ1n) is 11.3. The number of nitrogens with one attached hydrogen (secondary N) is 2. The van der Waals surface area contributed by atoms with E-state index in [0.717, 1.165) is 24.2 Å². The molecule has 4 fully saturated rings. The van der Waals surface area contributed by atoms with E-state index in [9.17, 15) is 0 Å². The maximum absolute atomic E-state index is 3.83. The van der Waals surface area contributed by atoms with Crippen LogP contribution >= 0.6 is 22.0 Å². The predicted octanol–water partition coefficient (Wildman–Crippen LogP) is 4.19. The van der Waals surface area contributed by atoms with Crippen LogP contribution in [-0.4, -0.2) is 59.0 Å². The van der Waals surface area contributed by atoms with E-state index in [4.69, 9.17) is 0 Å². The van der Waals surface area contributed by atoms with Gasteiger partial charge in [-0.25, -0.2) is 8.61 Å². The van der Waals surface area contributed by atoms with Gasteiger partial charge < -0.3 is 10.6 Å². The average molecular weight is 399 g/mol. The van der Waals surface area contributed by atoms with Crippen LogP contribution in [0.3, 0.4) is 0 Å². The van der Waals surface area contributed by atoms with Crippen molar-refractivity contribution in [2.24, 2.45) is 0 Å². The highest BCUT2D eigenvalue weighted by Crippen LogP contribution is 2.40. The molecular formula is C20H38N4S2. The molecule has 0 spiro atoms. The Morgan fingerprint density at radius 1 is 0.538 bits per heavy atom. The largest absolute Gasteiger partial charge is 0.312 e. The Balaban J connectivity index is 1.32. The number of hydrogen-bond donors (Lipinski definition) is 2. The van der Waals surface area contributed by atoms with Gasteiger partial charge in [0, 0.05) is 59.2 Å². The Bertz CT molecular complexity index is 375. The van der Waals surface area contributed by atoms with E-state index in [1.807, 2.05) is 0 Å². The summed E-state index contributed by atoms with van der Waals surface area (Å²) in [6, 6.07) is 2.96. The minimum absolute atomic E-state index is 0.731. The van der Waals surface area contributed by atoms with E-state index >= 15 is 0 Å². The van der Waals surface area contributed by atoms with Crippen LogP contribution in [0.25, 0.3) is 0 Å². The number of rotatable bonds is 5. The van der Waals surface area contributed by atoms with Crippen molar-refractivity contribution in [3.05, 3.63) is 0 Å². The summed E-state index contributed by atoms with van der Waals surface area (Å²) >= 11 is 0. The Hall–Kier alpha value is 0.540. The minimum Gasteiger partial charge on any atom is -0.312 e. The van der Waals surface area contributed by atoms with Crippen molar-refractivity contribution in [3.63, 3.8) is 0 Å². The summed E-state index contributed by atoms with van der Waals surface area (Å²) in [5.41, 5.74) is 0. The molecule has 0 aromatic carbocycles. The van der Waals surface area contributed by atoms with Gasteiger partial charge in [0.2, 0.25) is 0 Å². The number of nitrogens with zero attached hydrogens (tertiary/aromatic N) is 2. The molecule has 4 atom stereocenters. The maximum atomic E-state index is 3.83. The van der Waals surface area contributed by atoms with E-state index in [1.54, 1.807) is 0 Å². The normalized spacial score (nSPS) is 38.3. The summed E-state index contributed by atoms with van der Waals surface area (Å²) in [5.74, 6) is 0. The van der Waals surface area contributed by atoms with Crippen molar-refractivity contribution in [3.8, 4) is 0 Å². The summed E-state index contributed by atoms with van der Waals surface area (Å²) in [6.07, 6.45) is 16.7. The molecule has 4 nitrogen and oxygen atoms in total. The summed E-state index contributed by atoms with van der Waals surface area (Å²) in [5, 5.41) is 7.66. The fourth-order valence-electron chi connectivity index (χ4n) is 5.35. The van der Waals surface area contributed by atoms with Gasteiger partial charge >= 0.3 is 0 Å². The van der Waals surface area contributed by atoms with Crippen LogP contribution in [0, 0.1) is 0 Å². The van der Waals surface area contributed by atoms with Crippen LogP contribution in [0.4, 0.5) is 0 Å². The Morgan fingerprint density at radius 2 is 1.00 bits per heavy atom. The second kappa shape index (κ2) is 10.4. The first kappa shape index (κ1) is 19.8. The van der Waals surface area contributed by atoms with Gasteiger partial charge in [0.15, 0.2) is 0 Å². The fourth-order valence-corrected chi connectivity index (χ4v) is 8.28. The number of hydrogen-bond acceptors (Lipinski definition) is 6. The summed E-state index contributed by atoms with van der Waals surface area (Å²) in [6.45, 7) is 5.02. The lowest BCUT2D eigenvalue weighted by Gasteiger charge is -2.44. The van der Waals surface area contributed by atoms with Crippen molar-refractivity contribution in [1.29, 1.82) is 0 Å². The van der Waals surface area contributed by atoms with Gasteiger partial charge in [-0.15, -0.1) is 0 Å². The smallest absolute Gasteiger partial charge is 0.0364 e. The van der Waals surface area contributed by atoms with E-state index in [1.165, 1.54) is 103 Å². The SMILES string of the molecule is C1CCC(C2CCCCN2SSN2CCCCC2C2CCCCN2)NC1. The fraction of sp³-hybridized carbons (Fsp3) is 1.00. The molecule has 4 unspecified atom stereocenters. The van der Waals surface area contributed by atoms with Crippen LogP contribution in [0.2, 0.25) is 0 Å². The van der Waals surface area contributed by atoms with E-state index in [2.05, 4.69) is 41.2 Å². The molecular weight excluding hydrogens is 360 g/mol. The molecule has 0 aliphatic carbocycles. The predicted molar refractivity (Wildman–Crippen MR) is 115 cm³/mol. The average Bonchev–Trinajstić information content (AvgIpc) is 2.74. The molecule has 0 radical (unpaired) electrons. The van der Waals surface area contributed by atoms with E-state index < -0.39 is 0 Å². The zero-order valence-electron chi connectivity index (χ0n) is 16.3. The van der Waals surface area contributed by atoms with Gasteiger partial charge in [-0.3, -0.25) is 0 Å². The van der Waals surface area contributed by atoms with Crippen molar-refractivity contribution in [2.75, 3.05) is 26.2 Å². The lowest BCUT2D eigenvalue weighted by molar-refractivity contribution is 0.192. The zero-order valence-corrected chi connectivity index (χ0v) is 18.0. The summed E-state index contributed by atoms with van der Waals surface area (Å²) in [7, 11) is 4.16. The van der Waals surface area contributed by atoms with Crippen LogP contribution in [0.5, 0.6) is 0 Å². The van der Waals surface area contributed by atoms with Crippen LogP contribution in [0.15, 0.2) is 0 Å².